The Hall–Kier alpha value is -0.570. The summed E-state index contributed by atoms with van der Waals surface area (Å²) >= 11 is 0. The number of rotatable bonds is 3. The maximum absolute atomic E-state index is 10.6. The molecule has 0 heterocycles. The number of carbonyl (C=O) groups is 1. The quantitative estimate of drug-likeness (QED) is 0.669. The van der Waals surface area contributed by atoms with Crippen LogP contribution < -0.4 is 0 Å². The van der Waals surface area contributed by atoms with Gasteiger partial charge in [-0.15, -0.1) is 0 Å². The second-order valence-corrected chi connectivity index (χ2v) is 3.51. The SMILES string of the molecule is CCOC1C(C(=O)O)C1(C)C. The van der Waals surface area contributed by atoms with Gasteiger partial charge in [-0.25, -0.2) is 0 Å². The van der Waals surface area contributed by atoms with Gasteiger partial charge in [0.2, 0.25) is 0 Å². The molecule has 0 spiro atoms. The van der Waals surface area contributed by atoms with Crippen molar-refractivity contribution in [2.75, 3.05) is 6.61 Å². The number of hydrogen-bond acceptors (Lipinski definition) is 2. The minimum absolute atomic E-state index is 0.0787. The van der Waals surface area contributed by atoms with Gasteiger partial charge in [-0.1, -0.05) is 13.8 Å². The van der Waals surface area contributed by atoms with Crippen molar-refractivity contribution in [1.29, 1.82) is 0 Å². The fourth-order valence-electron chi connectivity index (χ4n) is 1.53. The van der Waals surface area contributed by atoms with Crippen molar-refractivity contribution in [3.05, 3.63) is 0 Å². The maximum atomic E-state index is 10.6. The summed E-state index contributed by atoms with van der Waals surface area (Å²) in [6.07, 6.45) is -0.0787. The largest absolute Gasteiger partial charge is 0.481 e. The highest BCUT2D eigenvalue weighted by atomic mass is 16.5. The molecule has 1 saturated carbocycles. The Balaban J connectivity index is 2.53. The van der Waals surface area contributed by atoms with Gasteiger partial charge in [-0.3, -0.25) is 4.79 Å². The predicted octanol–water partition coefficient (Wildman–Crippen LogP) is 1.13. The minimum Gasteiger partial charge on any atom is -0.481 e. The Kier molecular flexibility index (Phi) is 1.92. The minimum atomic E-state index is -0.742. The number of ether oxygens (including phenoxy) is 1. The van der Waals surface area contributed by atoms with Crippen LogP contribution in [0.25, 0.3) is 0 Å². The second-order valence-electron chi connectivity index (χ2n) is 3.51. The molecule has 1 rings (SSSR count). The van der Waals surface area contributed by atoms with Gasteiger partial charge in [0.05, 0.1) is 12.0 Å². The van der Waals surface area contributed by atoms with Gasteiger partial charge < -0.3 is 9.84 Å². The first-order valence-electron chi connectivity index (χ1n) is 3.86. The zero-order valence-corrected chi connectivity index (χ0v) is 7.13. The van der Waals surface area contributed by atoms with E-state index >= 15 is 0 Å². The molecule has 64 valence electrons. The molecule has 0 aromatic carbocycles. The van der Waals surface area contributed by atoms with Crippen LogP contribution in [-0.2, 0) is 9.53 Å². The van der Waals surface area contributed by atoms with E-state index < -0.39 is 5.97 Å². The fourth-order valence-corrected chi connectivity index (χ4v) is 1.53. The summed E-state index contributed by atoms with van der Waals surface area (Å²) < 4.78 is 5.26. The van der Waals surface area contributed by atoms with Crippen LogP contribution in [0.4, 0.5) is 0 Å². The van der Waals surface area contributed by atoms with Crippen LogP contribution >= 0.6 is 0 Å². The summed E-state index contributed by atoms with van der Waals surface area (Å²) in [6.45, 7) is 6.32. The number of carboxylic acids is 1. The van der Waals surface area contributed by atoms with Gasteiger partial charge >= 0.3 is 5.97 Å². The molecule has 0 aromatic rings. The van der Waals surface area contributed by atoms with Gasteiger partial charge in [-0.2, -0.15) is 0 Å². The first-order chi connectivity index (χ1) is 5.01. The third kappa shape index (κ3) is 1.25. The van der Waals surface area contributed by atoms with Gasteiger partial charge in [0.25, 0.3) is 0 Å². The molecule has 2 atom stereocenters. The predicted molar refractivity (Wildman–Crippen MR) is 40.3 cm³/mol. The van der Waals surface area contributed by atoms with E-state index in [1.807, 2.05) is 20.8 Å². The Morgan fingerprint density at radius 1 is 1.64 bits per heavy atom. The third-order valence-corrected chi connectivity index (χ3v) is 2.34. The molecular weight excluding hydrogens is 144 g/mol. The van der Waals surface area contributed by atoms with Crippen molar-refractivity contribution >= 4 is 5.97 Å². The van der Waals surface area contributed by atoms with Crippen LogP contribution in [-0.4, -0.2) is 23.8 Å². The van der Waals surface area contributed by atoms with Crippen LogP contribution in [0, 0.1) is 11.3 Å². The van der Waals surface area contributed by atoms with Crippen LogP contribution in [0.15, 0.2) is 0 Å². The molecule has 3 heteroatoms. The van der Waals surface area contributed by atoms with E-state index in [1.165, 1.54) is 0 Å². The first kappa shape index (κ1) is 8.53. The summed E-state index contributed by atoms with van der Waals surface area (Å²) in [5.74, 6) is -1.05. The Labute approximate surface area is 66.4 Å². The molecule has 1 N–H and O–H groups in total. The Morgan fingerprint density at radius 2 is 2.18 bits per heavy atom. The van der Waals surface area contributed by atoms with Gasteiger partial charge in [-0.05, 0) is 6.92 Å². The average Bonchev–Trinajstić information content (AvgIpc) is 2.35. The average molecular weight is 158 g/mol. The van der Waals surface area contributed by atoms with E-state index in [0.29, 0.717) is 6.61 Å². The fraction of sp³-hybridized carbons (Fsp3) is 0.875. The highest BCUT2D eigenvalue weighted by molar-refractivity contribution is 5.76. The normalized spacial score (nSPS) is 33.4. The molecule has 1 aliphatic carbocycles. The molecular formula is C8H14O3. The molecule has 2 unspecified atom stereocenters. The summed E-state index contributed by atoms with van der Waals surface area (Å²) in [5.41, 5.74) is -0.165. The topological polar surface area (TPSA) is 46.5 Å². The molecule has 1 fully saturated rings. The van der Waals surface area contributed by atoms with Crippen molar-refractivity contribution in [2.45, 2.75) is 26.9 Å². The monoisotopic (exact) mass is 158 g/mol. The van der Waals surface area contributed by atoms with Crippen molar-refractivity contribution in [1.82, 2.24) is 0 Å². The lowest BCUT2D eigenvalue weighted by Gasteiger charge is -1.99. The summed E-state index contributed by atoms with van der Waals surface area (Å²) in [7, 11) is 0. The lowest BCUT2D eigenvalue weighted by atomic mass is 10.1. The van der Waals surface area contributed by atoms with E-state index in [2.05, 4.69) is 0 Å². The lowest BCUT2D eigenvalue weighted by Crippen LogP contribution is -2.04. The standard InChI is InChI=1S/C8H14O3/c1-4-11-6-5(7(9)10)8(6,2)3/h5-6H,4H2,1-3H3,(H,9,10). The van der Waals surface area contributed by atoms with Crippen LogP contribution in [0.3, 0.4) is 0 Å². The second kappa shape index (κ2) is 2.48. The van der Waals surface area contributed by atoms with E-state index in [0.717, 1.165) is 0 Å². The van der Waals surface area contributed by atoms with E-state index in [1.54, 1.807) is 0 Å². The van der Waals surface area contributed by atoms with Crippen LogP contribution in [0.2, 0.25) is 0 Å². The molecule has 0 bridgehead atoms. The van der Waals surface area contributed by atoms with Crippen LogP contribution in [0.1, 0.15) is 20.8 Å². The Bertz CT molecular complexity index is 174. The van der Waals surface area contributed by atoms with Crippen molar-refractivity contribution < 1.29 is 14.6 Å². The molecule has 0 radical (unpaired) electrons. The first-order valence-corrected chi connectivity index (χ1v) is 3.86. The van der Waals surface area contributed by atoms with Crippen molar-refractivity contribution in [2.24, 2.45) is 11.3 Å². The zero-order valence-electron chi connectivity index (χ0n) is 7.13. The summed E-state index contributed by atoms with van der Waals surface area (Å²) in [6, 6.07) is 0. The van der Waals surface area contributed by atoms with Gasteiger partial charge in [0, 0.05) is 12.0 Å². The van der Waals surface area contributed by atoms with E-state index in [-0.39, 0.29) is 17.4 Å². The lowest BCUT2D eigenvalue weighted by molar-refractivity contribution is -0.140. The molecule has 1 aliphatic rings. The molecule has 0 aliphatic heterocycles. The molecule has 3 nitrogen and oxygen atoms in total. The van der Waals surface area contributed by atoms with E-state index in [4.69, 9.17) is 9.84 Å². The third-order valence-electron chi connectivity index (χ3n) is 2.34. The molecule has 0 saturated heterocycles. The summed E-state index contributed by atoms with van der Waals surface area (Å²) in [5, 5.41) is 8.71. The zero-order chi connectivity index (χ0) is 8.65. The maximum Gasteiger partial charge on any atom is 0.309 e. The number of hydrogen-bond donors (Lipinski definition) is 1. The highest BCUT2D eigenvalue weighted by Gasteiger charge is 2.63. The van der Waals surface area contributed by atoms with Crippen LogP contribution in [0.5, 0.6) is 0 Å². The summed E-state index contributed by atoms with van der Waals surface area (Å²) in [4.78, 5) is 10.6. The highest BCUT2D eigenvalue weighted by Crippen LogP contribution is 2.54. The van der Waals surface area contributed by atoms with E-state index in [9.17, 15) is 4.79 Å². The Morgan fingerprint density at radius 3 is 2.45 bits per heavy atom. The van der Waals surface area contributed by atoms with Crippen molar-refractivity contribution in [3.8, 4) is 0 Å². The number of carboxylic acid groups (broad SMARTS) is 1. The molecule has 0 amide bonds. The van der Waals surface area contributed by atoms with Gasteiger partial charge in [0.15, 0.2) is 0 Å². The smallest absolute Gasteiger partial charge is 0.309 e. The molecule has 11 heavy (non-hydrogen) atoms. The number of aliphatic carboxylic acids is 1. The molecule has 0 aromatic heterocycles. The van der Waals surface area contributed by atoms with Gasteiger partial charge in [0.1, 0.15) is 0 Å². The van der Waals surface area contributed by atoms with Crippen molar-refractivity contribution in [3.63, 3.8) is 0 Å².